The number of anilines is 2. The molecule has 6 heteroatoms. The average molecular weight is 409 g/mol. The van der Waals surface area contributed by atoms with Gasteiger partial charge >= 0.3 is 0 Å². The lowest BCUT2D eigenvalue weighted by molar-refractivity contribution is -0.116. The monoisotopic (exact) mass is 409 g/mol. The highest BCUT2D eigenvalue weighted by atomic mass is 16.2. The van der Waals surface area contributed by atoms with Gasteiger partial charge in [0.05, 0.1) is 0 Å². The second-order valence-corrected chi connectivity index (χ2v) is 7.20. The smallest absolute Gasteiger partial charge is 0.247 e. The molecule has 4 aromatic rings. The SMILES string of the molecule is Cc1cc(N[C@H](Cc2ccccc2)C(=O)Nc2ccccc2)nc(-c2cccnc2)n1. The van der Waals surface area contributed by atoms with E-state index in [9.17, 15) is 4.79 Å². The summed E-state index contributed by atoms with van der Waals surface area (Å²) < 4.78 is 0. The molecule has 0 spiro atoms. The molecule has 0 aliphatic rings. The van der Waals surface area contributed by atoms with Crippen molar-refractivity contribution in [3.63, 3.8) is 0 Å². The second kappa shape index (κ2) is 9.63. The van der Waals surface area contributed by atoms with Gasteiger partial charge in [-0.3, -0.25) is 9.78 Å². The van der Waals surface area contributed by atoms with Crippen LogP contribution in [0.25, 0.3) is 11.4 Å². The summed E-state index contributed by atoms with van der Waals surface area (Å²) in [5, 5.41) is 6.30. The third-order valence-corrected chi connectivity index (χ3v) is 4.74. The van der Waals surface area contributed by atoms with Gasteiger partial charge in [0.15, 0.2) is 5.82 Å². The van der Waals surface area contributed by atoms with Gasteiger partial charge in [-0.1, -0.05) is 48.5 Å². The lowest BCUT2D eigenvalue weighted by Crippen LogP contribution is -2.37. The second-order valence-electron chi connectivity index (χ2n) is 7.20. The molecular weight excluding hydrogens is 386 g/mol. The fourth-order valence-electron chi connectivity index (χ4n) is 3.26. The van der Waals surface area contributed by atoms with Gasteiger partial charge in [-0.05, 0) is 36.8 Å². The van der Waals surface area contributed by atoms with Crippen LogP contribution in [0.1, 0.15) is 11.3 Å². The minimum atomic E-state index is -0.515. The van der Waals surface area contributed by atoms with Crippen molar-refractivity contribution < 1.29 is 4.79 Å². The summed E-state index contributed by atoms with van der Waals surface area (Å²) in [6.07, 6.45) is 3.95. The zero-order valence-corrected chi connectivity index (χ0v) is 17.2. The van der Waals surface area contributed by atoms with E-state index in [-0.39, 0.29) is 5.91 Å². The number of carbonyl (C=O) groups excluding carboxylic acids is 1. The van der Waals surface area contributed by atoms with Crippen LogP contribution in [0.4, 0.5) is 11.5 Å². The Labute approximate surface area is 181 Å². The highest BCUT2D eigenvalue weighted by Gasteiger charge is 2.20. The van der Waals surface area contributed by atoms with Crippen LogP contribution >= 0.6 is 0 Å². The maximum absolute atomic E-state index is 13.1. The molecule has 2 aromatic heterocycles. The Morgan fingerprint density at radius 3 is 2.39 bits per heavy atom. The molecule has 2 aromatic carbocycles. The van der Waals surface area contributed by atoms with E-state index in [1.165, 1.54) is 0 Å². The first-order valence-corrected chi connectivity index (χ1v) is 10.1. The first-order chi connectivity index (χ1) is 15.2. The number of amides is 1. The fraction of sp³-hybridized carbons (Fsp3) is 0.120. The molecule has 2 heterocycles. The van der Waals surface area contributed by atoms with E-state index in [0.717, 1.165) is 22.5 Å². The van der Waals surface area contributed by atoms with Crippen LogP contribution in [0.15, 0.2) is 91.3 Å². The van der Waals surface area contributed by atoms with Crippen molar-refractivity contribution in [1.82, 2.24) is 15.0 Å². The predicted octanol–water partition coefficient (Wildman–Crippen LogP) is 4.51. The van der Waals surface area contributed by atoms with Crippen LogP contribution in [-0.2, 0) is 11.2 Å². The van der Waals surface area contributed by atoms with E-state index in [0.29, 0.717) is 18.1 Å². The minimum absolute atomic E-state index is 0.130. The van der Waals surface area contributed by atoms with Crippen molar-refractivity contribution in [3.05, 3.63) is 103 Å². The van der Waals surface area contributed by atoms with Crippen LogP contribution in [0, 0.1) is 6.92 Å². The van der Waals surface area contributed by atoms with Crippen molar-refractivity contribution in [3.8, 4) is 11.4 Å². The van der Waals surface area contributed by atoms with Crippen LogP contribution < -0.4 is 10.6 Å². The Bertz CT molecular complexity index is 1130. The summed E-state index contributed by atoms with van der Waals surface area (Å²) in [5.41, 5.74) is 3.43. The third-order valence-electron chi connectivity index (χ3n) is 4.74. The van der Waals surface area contributed by atoms with Crippen molar-refractivity contribution in [2.75, 3.05) is 10.6 Å². The van der Waals surface area contributed by atoms with Gasteiger partial charge < -0.3 is 10.6 Å². The Morgan fingerprint density at radius 1 is 0.935 bits per heavy atom. The number of aryl methyl sites for hydroxylation is 1. The maximum Gasteiger partial charge on any atom is 0.247 e. The standard InChI is InChI=1S/C25H23N5O/c1-18-15-23(30-24(27-18)20-11-8-14-26-17-20)29-22(16-19-9-4-2-5-10-19)25(31)28-21-12-6-3-7-13-21/h2-15,17,22H,16H2,1H3,(H,28,31)(H,27,29,30)/t22-/m1/s1. The molecule has 0 fully saturated rings. The summed E-state index contributed by atoms with van der Waals surface area (Å²) in [6.45, 7) is 1.91. The van der Waals surface area contributed by atoms with Gasteiger partial charge in [0.2, 0.25) is 5.91 Å². The lowest BCUT2D eigenvalue weighted by atomic mass is 10.0. The van der Waals surface area contributed by atoms with Crippen molar-refractivity contribution in [2.24, 2.45) is 0 Å². The predicted molar refractivity (Wildman–Crippen MR) is 123 cm³/mol. The molecule has 1 amide bonds. The van der Waals surface area contributed by atoms with Crippen LogP contribution in [0.2, 0.25) is 0 Å². The summed E-state index contributed by atoms with van der Waals surface area (Å²) in [4.78, 5) is 26.4. The number of nitrogens with one attached hydrogen (secondary N) is 2. The first-order valence-electron chi connectivity index (χ1n) is 10.1. The number of carbonyl (C=O) groups is 1. The lowest BCUT2D eigenvalue weighted by Gasteiger charge is -2.20. The zero-order chi connectivity index (χ0) is 21.5. The van der Waals surface area contributed by atoms with Crippen LogP contribution in [0.5, 0.6) is 0 Å². The van der Waals surface area contributed by atoms with Crippen LogP contribution in [0.3, 0.4) is 0 Å². The highest BCUT2D eigenvalue weighted by Crippen LogP contribution is 2.19. The topological polar surface area (TPSA) is 79.8 Å². The number of aromatic nitrogens is 3. The minimum Gasteiger partial charge on any atom is -0.358 e. The Kier molecular flexibility index (Phi) is 6.28. The van der Waals surface area contributed by atoms with Crippen molar-refractivity contribution in [2.45, 2.75) is 19.4 Å². The highest BCUT2D eigenvalue weighted by molar-refractivity contribution is 5.96. The average Bonchev–Trinajstić information content (AvgIpc) is 2.80. The molecule has 154 valence electrons. The molecule has 0 saturated heterocycles. The number of nitrogens with zero attached hydrogens (tertiary/aromatic N) is 3. The number of rotatable bonds is 7. The summed E-state index contributed by atoms with van der Waals surface area (Å²) in [7, 11) is 0. The van der Waals surface area contributed by atoms with E-state index < -0.39 is 6.04 Å². The Morgan fingerprint density at radius 2 is 1.68 bits per heavy atom. The quantitative estimate of drug-likeness (QED) is 0.469. The Balaban J connectivity index is 1.61. The van der Waals surface area contributed by atoms with Crippen LogP contribution in [-0.4, -0.2) is 26.9 Å². The summed E-state index contributed by atoms with van der Waals surface area (Å²) >= 11 is 0. The first kappa shape index (κ1) is 20.2. The molecule has 0 radical (unpaired) electrons. The largest absolute Gasteiger partial charge is 0.358 e. The molecule has 0 unspecified atom stereocenters. The number of hydrogen-bond donors (Lipinski definition) is 2. The fourth-order valence-corrected chi connectivity index (χ4v) is 3.26. The van der Waals surface area contributed by atoms with Gasteiger partial charge in [0.25, 0.3) is 0 Å². The normalized spacial score (nSPS) is 11.5. The molecule has 2 N–H and O–H groups in total. The molecule has 4 rings (SSSR count). The third kappa shape index (κ3) is 5.51. The molecule has 0 bridgehead atoms. The number of benzene rings is 2. The molecule has 6 nitrogen and oxygen atoms in total. The summed E-state index contributed by atoms with van der Waals surface area (Å²) in [5.74, 6) is 1.03. The maximum atomic E-state index is 13.1. The van der Waals surface area contributed by atoms with Crippen molar-refractivity contribution >= 4 is 17.4 Å². The van der Waals surface area contributed by atoms with Gasteiger partial charge in [0.1, 0.15) is 11.9 Å². The van der Waals surface area contributed by atoms with Gasteiger partial charge in [0, 0.05) is 41.8 Å². The van der Waals surface area contributed by atoms with E-state index in [1.807, 2.05) is 85.8 Å². The molecular formula is C25H23N5O. The molecule has 1 atom stereocenters. The summed E-state index contributed by atoms with van der Waals surface area (Å²) in [6, 6.07) is 24.4. The number of para-hydroxylation sites is 1. The molecule has 31 heavy (non-hydrogen) atoms. The Hall–Kier alpha value is -4.06. The van der Waals surface area contributed by atoms with Gasteiger partial charge in [-0.25, -0.2) is 9.97 Å². The van der Waals surface area contributed by atoms with E-state index >= 15 is 0 Å². The molecule has 0 aliphatic carbocycles. The van der Waals surface area contributed by atoms with E-state index in [2.05, 4.69) is 25.6 Å². The van der Waals surface area contributed by atoms with E-state index in [4.69, 9.17) is 0 Å². The molecule has 0 aliphatic heterocycles. The zero-order valence-electron chi connectivity index (χ0n) is 17.2. The van der Waals surface area contributed by atoms with E-state index in [1.54, 1.807) is 12.4 Å². The molecule has 0 saturated carbocycles. The van der Waals surface area contributed by atoms with Crippen molar-refractivity contribution in [1.29, 1.82) is 0 Å². The van der Waals surface area contributed by atoms with Gasteiger partial charge in [-0.15, -0.1) is 0 Å². The number of hydrogen-bond acceptors (Lipinski definition) is 5. The number of pyridine rings is 1. The van der Waals surface area contributed by atoms with Gasteiger partial charge in [-0.2, -0.15) is 0 Å².